The molecule has 0 bridgehead atoms. The summed E-state index contributed by atoms with van der Waals surface area (Å²) in [6, 6.07) is 3.57. The van der Waals surface area contributed by atoms with Crippen LogP contribution in [0.2, 0.25) is 0 Å². The van der Waals surface area contributed by atoms with Crippen molar-refractivity contribution in [3.8, 4) is 11.5 Å². The van der Waals surface area contributed by atoms with Crippen molar-refractivity contribution < 1.29 is 13.2 Å². The monoisotopic (exact) mass is 326 g/mol. The maximum atomic E-state index is 12.8. The molecular weight excluding hydrogens is 309 g/mol. The number of anilines is 2. The third-order valence-electron chi connectivity index (χ3n) is 3.28. The number of halogens is 3. The van der Waals surface area contributed by atoms with Crippen LogP contribution in [0.3, 0.4) is 0 Å². The van der Waals surface area contributed by atoms with E-state index >= 15 is 0 Å². The molecule has 2 rings (SSSR count). The molecule has 0 radical (unpaired) electrons. The van der Waals surface area contributed by atoms with E-state index in [-0.39, 0.29) is 29.5 Å². The molecule has 3 N–H and O–H groups in total. The minimum absolute atomic E-state index is 0.0120. The first kappa shape index (κ1) is 16.9. The van der Waals surface area contributed by atoms with Crippen molar-refractivity contribution in [2.75, 3.05) is 11.1 Å². The summed E-state index contributed by atoms with van der Waals surface area (Å²) in [7, 11) is 0. The summed E-state index contributed by atoms with van der Waals surface area (Å²) in [5, 5.41) is 3.04. The first-order valence-corrected chi connectivity index (χ1v) is 6.99. The largest absolute Gasteiger partial charge is 0.433 e. The molecular formula is C14H17F3N6. The van der Waals surface area contributed by atoms with Crippen LogP contribution in [-0.4, -0.2) is 26.0 Å². The van der Waals surface area contributed by atoms with Crippen molar-refractivity contribution >= 4 is 11.9 Å². The van der Waals surface area contributed by atoms with Gasteiger partial charge >= 0.3 is 6.18 Å². The van der Waals surface area contributed by atoms with Gasteiger partial charge in [0.2, 0.25) is 11.9 Å². The van der Waals surface area contributed by atoms with Crippen LogP contribution in [0.5, 0.6) is 0 Å². The van der Waals surface area contributed by atoms with Gasteiger partial charge in [0.1, 0.15) is 11.4 Å². The Kier molecular flexibility index (Phi) is 4.67. The Bertz CT molecular complexity index is 686. The number of nitrogen functional groups attached to an aromatic ring is 1. The van der Waals surface area contributed by atoms with Crippen LogP contribution in [-0.2, 0) is 6.18 Å². The fourth-order valence-corrected chi connectivity index (χ4v) is 1.66. The maximum Gasteiger partial charge on any atom is 0.433 e. The van der Waals surface area contributed by atoms with E-state index < -0.39 is 11.9 Å². The molecule has 0 fully saturated rings. The van der Waals surface area contributed by atoms with Crippen molar-refractivity contribution in [1.29, 1.82) is 0 Å². The molecule has 1 atom stereocenters. The van der Waals surface area contributed by atoms with Crippen molar-refractivity contribution in [3.63, 3.8) is 0 Å². The van der Waals surface area contributed by atoms with Gasteiger partial charge in [-0.15, -0.1) is 0 Å². The van der Waals surface area contributed by atoms with Gasteiger partial charge in [0.15, 0.2) is 5.82 Å². The van der Waals surface area contributed by atoms with Crippen LogP contribution < -0.4 is 11.1 Å². The highest BCUT2D eigenvalue weighted by atomic mass is 19.4. The number of nitrogens with zero attached hydrogens (tertiary/aromatic N) is 4. The zero-order valence-corrected chi connectivity index (χ0v) is 12.9. The summed E-state index contributed by atoms with van der Waals surface area (Å²) in [6.45, 7) is 5.96. The lowest BCUT2D eigenvalue weighted by Gasteiger charge is -2.17. The first-order chi connectivity index (χ1) is 10.7. The van der Waals surface area contributed by atoms with Crippen molar-refractivity contribution in [2.45, 2.75) is 33.0 Å². The molecule has 1 unspecified atom stereocenters. The Hall–Kier alpha value is -2.45. The van der Waals surface area contributed by atoms with E-state index in [1.54, 1.807) is 0 Å². The minimum atomic E-state index is -4.54. The van der Waals surface area contributed by atoms with Gasteiger partial charge in [-0.05, 0) is 25.0 Å². The summed E-state index contributed by atoms with van der Waals surface area (Å²) < 4.78 is 38.3. The summed E-state index contributed by atoms with van der Waals surface area (Å²) >= 11 is 0. The topological polar surface area (TPSA) is 89.6 Å². The molecule has 0 amide bonds. The van der Waals surface area contributed by atoms with Crippen LogP contribution in [0.15, 0.2) is 18.2 Å². The van der Waals surface area contributed by atoms with E-state index in [2.05, 4.69) is 25.3 Å². The highest BCUT2D eigenvalue weighted by molar-refractivity contribution is 5.53. The smallest absolute Gasteiger partial charge is 0.368 e. The summed E-state index contributed by atoms with van der Waals surface area (Å²) in [6.07, 6.45) is -4.54. The number of nitrogens with two attached hydrogens (primary N) is 1. The molecule has 0 saturated carbocycles. The number of rotatable bonds is 4. The Labute approximate surface area is 131 Å². The van der Waals surface area contributed by atoms with Gasteiger partial charge in [-0.2, -0.15) is 28.1 Å². The standard InChI is InChI=1S/C14H17F3N6/c1-7(2)8(3)19-13-22-11(21-12(18)23-13)9-5-4-6-10(20-9)14(15,16)17/h4-8H,1-3H3,(H3,18,19,21,22,23). The Morgan fingerprint density at radius 2 is 1.74 bits per heavy atom. The summed E-state index contributed by atoms with van der Waals surface area (Å²) in [4.78, 5) is 15.5. The lowest BCUT2D eigenvalue weighted by atomic mass is 10.1. The molecule has 124 valence electrons. The Morgan fingerprint density at radius 3 is 2.35 bits per heavy atom. The predicted molar refractivity (Wildman–Crippen MR) is 80.4 cm³/mol. The molecule has 2 aromatic heterocycles. The molecule has 0 aliphatic carbocycles. The maximum absolute atomic E-state index is 12.8. The van der Waals surface area contributed by atoms with E-state index in [4.69, 9.17) is 5.73 Å². The average molecular weight is 326 g/mol. The molecule has 0 aliphatic heterocycles. The molecule has 0 spiro atoms. The number of alkyl halides is 3. The van der Waals surface area contributed by atoms with Crippen LogP contribution in [0.4, 0.5) is 25.1 Å². The number of hydrogen-bond acceptors (Lipinski definition) is 6. The van der Waals surface area contributed by atoms with E-state index in [0.717, 1.165) is 6.07 Å². The molecule has 0 aliphatic rings. The number of nitrogens with one attached hydrogen (secondary N) is 1. The highest BCUT2D eigenvalue weighted by Gasteiger charge is 2.32. The quantitative estimate of drug-likeness (QED) is 0.898. The van der Waals surface area contributed by atoms with E-state index in [0.29, 0.717) is 5.92 Å². The van der Waals surface area contributed by atoms with Crippen molar-refractivity contribution in [1.82, 2.24) is 19.9 Å². The van der Waals surface area contributed by atoms with Crippen LogP contribution in [0.1, 0.15) is 26.5 Å². The van der Waals surface area contributed by atoms with Gasteiger partial charge in [-0.3, -0.25) is 0 Å². The SMILES string of the molecule is CC(C)C(C)Nc1nc(N)nc(-c2cccc(C(F)(F)F)n2)n1. The molecule has 0 saturated heterocycles. The lowest BCUT2D eigenvalue weighted by molar-refractivity contribution is -0.141. The zero-order valence-electron chi connectivity index (χ0n) is 12.9. The van der Waals surface area contributed by atoms with Crippen LogP contribution in [0.25, 0.3) is 11.5 Å². The molecule has 2 heterocycles. The molecule has 23 heavy (non-hydrogen) atoms. The Balaban J connectivity index is 2.38. The van der Waals surface area contributed by atoms with Crippen LogP contribution >= 0.6 is 0 Å². The second-order valence-electron chi connectivity index (χ2n) is 5.42. The number of pyridine rings is 1. The van der Waals surface area contributed by atoms with E-state index in [1.807, 2.05) is 20.8 Å². The zero-order chi connectivity index (χ0) is 17.2. The highest BCUT2D eigenvalue weighted by Crippen LogP contribution is 2.29. The third-order valence-corrected chi connectivity index (χ3v) is 3.28. The number of hydrogen-bond donors (Lipinski definition) is 2. The van der Waals surface area contributed by atoms with Gasteiger partial charge < -0.3 is 11.1 Å². The normalized spacial score (nSPS) is 13.2. The summed E-state index contributed by atoms with van der Waals surface area (Å²) in [5.74, 6) is 0.408. The second-order valence-corrected chi connectivity index (χ2v) is 5.42. The van der Waals surface area contributed by atoms with E-state index in [9.17, 15) is 13.2 Å². The van der Waals surface area contributed by atoms with Gasteiger partial charge in [0.25, 0.3) is 0 Å². The fraction of sp³-hybridized carbons (Fsp3) is 0.429. The third kappa shape index (κ3) is 4.27. The van der Waals surface area contributed by atoms with Gasteiger partial charge in [-0.1, -0.05) is 19.9 Å². The van der Waals surface area contributed by atoms with Gasteiger partial charge in [-0.25, -0.2) is 4.98 Å². The molecule has 9 heteroatoms. The Morgan fingerprint density at radius 1 is 1.04 bits per heavy atom. The molecule has 6 nitrogen and oxygen atoms in total. The number of aromatic nitrogens is 4. The first-order valence-electron chi connectivity index (χ1n) is 6.99. The lowest BCUT2D eigenvalue weighted by Crippen LogP contribution is -2.23. The van der Waals surface area contributed by atoms with Gasteiger partial charge in [0.05, 0.1) is 0 Å². The van der Waals surface area contributed by atoms with Gasteiger partial charge in [0, 0.05) is 6.04 Å². The summed E-state index contributed by atoms with van der Waals surface area (Å²) in [5.41, 5.74) is 4.59. The second kappa shape index (κ2) is 6.35. The van der Waals surface area contributed by atoms with Crippen LogP contribution in [0, 0.1) is 5.92 Å². The fourth-order valence-electron chi connectivity index (χ4n) is 1.66. The van der Waals surface area contributed by atoms with Crippen molar-refractivity contribution in [2.24, 2.45) is 5.92 Å². The molecule has 2 aromatic rings. The van der Waals surface area contributed by atoms with E-state index in [1.165, 1.54) is 12.1 Å². The minimum Gasteiger partial charge on any atom is -0.368 e. The average Bonchev–Trinajstić information content (AvgIpc) is 2.45. The predicted octanol–water partition coefficient (Wildman–Crippen LogP) is 2.99. The van der Waals surface area contributed by atoms with Crippen molar-refractivity contribution in [3.05, 3.63) is 23.9 Å². The molecule has 0 aromatic carbocycles.